The second-order valence-corrected chi connectivity index (χ2v) is 9.00. The van der Waals surface area contributed by atoms with Gasteiger partial charge >= 0.3 is 6.09 Å². The Morgan fingerprint density at radius 3 is 2.83 bits per heavy atom. The van der Waals surface area contributed by atoms with E-state index in [0.29, 0.717) is 60.8 Å². The fraction of sp³-hybridized carbons (Fsp3) is 0.320. The summed E-state index contributed by atoms with van der Waals surface area (Å²) < 4.78 is 27.2. The van der Waals surface area contributed by atoms with Crippen LogP contribution in [-0.2, 0) is 16.1 Å². The van der Waals surface area contributed by atoms with Crippen LogP contribution >= 0.6 is 0 Å². The summed E-state index contributed by atoms with van der Waals surface area (Å²) in [6.07, 6.45) is -0.169. The normalized spacial score (nSPS) is 20.5. The third-order valence-corrected chi connectivity index (χ3v) is 6.76. The van der Waals surface area contributed by atoms with Gasteiger partial charge in [0.15, 0.2) is 6.61 Å². The van der Waals surface area contributed by atoms with Crippen molar-refractivity contribution in [2.75, 3.05) is 36.5 Å². The number of halogens is 1. The van der Waals surface area contributed by atoms with Crippen molar-refractivity contribution in [2.45, 2.75) is 25.0 Å². The van der Waals surface area contributed by atoms with Gasteiger partial charge in [0, 0.05) is 36.3 Å². The van der Waals surface area contributed by atoms with E-state index in [4.69, 9.17) is 9.47 Å². The highest BCUT2D eigenvalue weighted by Crippen LogP contribution is 2.35. The first kappa shape index (κ1) is 21.6. The van der Waals surface area contributed by atoms with E-state index in [0.717, 1.165) is 5.39 Å². The zero-order valence-electron chi connectivity index (χ0n) is 18.8. The Morgan fingerprint density at radius 2 is 1.94 bits per heavy atom. The molecular formula is C25H23FN4O5. The summed E-state index contributed by atoms with van der Waals surface area (Å²) in [6.45, 7) is 1.86. The average Bonchev–Trinajstić information content (AvgIpc) is 3.42. The van der Waals surface area contributed by atoms with Crippen molar-refractivity contribution >= 4 is 34.3 Å². The third-order valence-electron chi connectivity index (χ3n) is 6.76. The van der Waals surface area contributed by atoms with Gasteiger partial charge in [-0.25, -0.2) is 9.18 Å². The minimum Gasteiger partial charge on any atom is -0.482 e. The lowest BCUT2D eigenvalue weighted by Gasteiger charge is -2.20. The van der Waals surface area contributed by atoms with Crippen LogP contribution in [0.4, 0.5) is 20.6 Å². The van der Waals surface area contributed by atoms with Crippen LogP contribution in [0.25, 0.3) is 10.9 Å². The number of cyclic esters (lactones) is 1. The van der Waals surface area contributed by atoms with E-state index < -0.39 is 6.09 Å². The van der Waals surface area contributed by atoms with Crippen molar-refractivity contribution in [3.8, 4) is 5.75 Å². The molecule has 35 heavy (non-hydrogen) atoms. The number of fused-ring (bicyclic) bond motifs is 1. The molecular weight excluding hydrogens is 455 g/mol. The van der Waals surface area contributed by atoms with Crippen molar-refractivity contribution in [3.05, 3.63) is 64.2 Å². The van der Waals surface area contributed by atoms with Gasteiger partial charge in [-0.1, -0.05) is 0 Å². The second-order valence-electron chi connectivity index (χ2n) is 9.00. The van der Waals surface area contributed by atoms with Gasteiger partial charge in [-0.05, 0) is 54.8 Å². The Morgan fingerprint density at radius 1 is 1.09 bits per heavy atom. The minimum atomic E-state index is -0.447. The molecule has 9 nitrogen and oxygen atoms in total. The molecule has 0 unspecified atom stereocenters. The summed E-state index contributed by atoms with van der Waals surface area (Å²) in [4.78, 5) is 37.8. The molecule has 2 amide bonds. The number of ether oxygens (including phenoxy) is 2. The zero-order chi connectivity index (χ0) is 24.1. The predicted octanol–water partition coefficient (Wildman–Crippen LogP) is 2.57. The van der Waals surface area contributed by atoms with Gasteiger partial charge in [0.25, 0.3) is 11.5 Å². The molecule has 180 valence electrons. The number of carbonyl (C=O) groups is 2. The molecule has 1 fully saturated rings. The van der Waals surface area contributed by atoms with Crippen molar-refractivity contribution in [3.63, 3.8) is 0 Å². The van der Waals surface area contributed by atoms with Crippen LogP contribution in [0.1, 0.15) is 17.9 Å². The molecule has 1 aromatic heterocycles. The van der Waals surface area contributed by atoms with Crippen LogP contribution in [0.15, 0.2) is 47.3 Å². The van der Waals surface area contributed by atoms with Gasteiger partial charge < -0.3 is 24.7 Å². The molecule has 4 heterocycles. The van der Waals surface area contributed by atoms with E-state index in [1.54, 1.807) is 34.9 Å². The predicted molar refractivity (Wildman–Crippen MR) is 127 cm³/mol. The largest absolute Gasteiger partial charge is 0.482 e. The van der Waals surface area contributed by atoms with E-state index >= 15 is 0 Å². The first-order chi connectivity index (χ1) is 17.0. The van der Waals surface area contributed by atoms with Gasteiger partial charge in [-0.3, -0.25) is 14.5 Å². The highest BCUT2D eigenvalue weighted by molar-refractivity contribution is 5.97. The van der Waals surface area contributed by atoms with Gasteiger partial charge in [0.05, 0.1) is 17.7 Å². The molecule has 3 aromatic rings. The summed E-state index contributed by atoms with van der Waals surface area (Å²) in [5.74, 6) is -0.128. The van der Waals surface area contributed by atoms with E-state index in [1.807, 2.05) is 0 Å². The Bertz CT molecular complexity index is 1420. The molecule has 2 aromatic carbocycles. The maximum absolute atomic E-state index is 14.6. The number of hydrogen-bond acceptors (Lipinski definition) is 6. The molecule has 2 atom stereocenters. The number of anilines is 2. The monoisotopic (exact) mass is 478 g/mol. The smallest absolute Gasteiger partial charge is 0.414 e. The molecule has 3 aliphatic heterocycles. The zero-order valence-corrected chi connectivity index (χ0v) is 18.8. The van der Waals surface area contributed by atoms with E-state index in [2.05, 4.69) is 10.6 Å². The molecule has 0 spiro atoms. The maximum atomic E-state index is 14.6. The summed E-state index contributed by atoms with van der Waals surface area (Å²) in [6, 6.07) is 11.6. The molecule has 0 bridgehead atoms. The fourth-order valence-electron chi connectivity index (χ4n) is 5.11. The van der Waals surface area contributed by atoms with Crippen LogP contribution in [0, 0.1) is 5.82 Å². The standard InChI is InChI=1S/C25H23FN4O5/c26-18-4-1-14-2-6-22(32)30-11-15(23(18)24(14)30)10-27-8-7-17-12-29(25(33)35-17)16-3-5-20-19(9-16)28-21(31)13-34-20/h1-6,9,15,17,27H,7-8,10-13H2,(H,28,31)/t15-,17-/m0/s1. The van der Waals surface area contributed by atoms with Gasteiger partial charge in [0.2, 0.25) is 0 Å². The van der Waals surface area contributed by atoms with Crippen molar-refractivity contribution in [1.29, 1.82) is 0 Å². The van der Waals surface area contributed by atoms with Gasteiger partial charge in [0.1, 0.15) is 17.7 Å². The lowest BCUT2D eigenvalue weighted by Crippen LogP contribution is -2.29. The fourth-order valence-corrected chi connectivity index (χ4v) is 5.11. The topological polar surface area (TPSA) is 102 Å². The number of nitrogens with zero attached hydrogens (tertiary/aromatic N) is 2. The number of pyridine rings is 1. The lowest BCUT2D eigenvalue weighted by atomic mass is 9.99. The number of hydrogen-bond donors (Lipinski definition) is 2. The summed E-state index contributed by atoms with van der Waals surface area (Å²) in [7, 11) is 0. The van der Waals surface area contributed by atoms with Crippen LogP contribution in [-0.4, -0.2) is 48.9 Å². The van der Waals surface area contributed by atoms with E-state index in [1.165, 1.54) is 17.0 Å². The van der Waals surface area contributed by atoms with Crippen LogP contribution in [0.3, 0.4) is 0 Å². The highest BCUT2D eigenvalue weighted by Gasteiger charge is 2.33. The highest BCUT2D eigenvalue weighted by atomic mass is 19.1. The Hall–Kier alpha value is -3.92. The first-order valence-corrected chi connectivity index (χ1v) is 11.6. The molecule has 0 radical (unpaired) electrons. The first-order valence-electron chi connectivity index (χ1n) is 11.6. The number of rotatable bonds is 6. The molecule has 0 aliphatic carbocycles. The maximum Gasteiger partial charge on any atom is 0.414 e. The molecule has 6 rings (SSSR count). The molecule has 10 heteroatoms. The number of nitrogens with one attached hydrogen (secondary N) is 2. The minimum absolute atomic E-state index is 0.0291. The number of aromatic nitrogens is 1. The van der Waals surface area contributed by atoms with E-state index in [9.17, 15) is 18.8 Å². The van der Waals surface area contributed by atoms with Crippen molar-refractivity contribution in [1.82, 2.24) is 9.88 Å². The van der Waals surface area contributed by atoms with Crippen LogP contribution in [0.5, 0.6) is 5.75 Å². The van der Waals surface area contributed by atoms with Gasteiger partial charge in [-0.15, -0.1) is 0 Å². The molecule has 3 aliphatic rings. The van der Waals surface area contributed by atoms with Crippen molar-refractivity contribution in [2.24, 2.45) is 0 Å². The van der Waals surface area contributed by atoms with E-state index in [-0.39, 0.29) is 35.9 Å². The van der Waals surface area contributed by atoms with Crippen LogP contribution < -0.4 is 25.8 Å². The average molecular weight is 478 g/mol. The quantitative estimate of drug-likeness (QED) is 0.528. The Kier molecular flexibility index (Phi) is 5.18. The number of benzene rings is 2. The van der Waals surface area contributed by atoms with Crippen molar-refractivity contribution < 1.29 is 23.5 Å². The Labute approximate surface area is 199 Å². The lowest BCUT2D eigenvalue weighted by molar-refractivity contribution is -0.118. The summed E-state index contributed by atoms with van der Waals surface area (Å²) in [5.41, 5.74) is 2.27. The third kappa shape index (κ3) is 3.79. The second kappa shape index (κ2) is 8.38. The van der Waals surface area contributed by atoms with Crippen LogP contribution in [0.2, 0.25) is 0 Å². The molecule has 1 saturated heterocycles. The SMILES string of the molecule is O=C1COc2ccc(N3C[C@H](CCNC[C@H]4Cn5c(=O)ccc6ccc(F)c4c65)OC3=O)cc2N1. The number of amides is 2. The number of carbonyl (C=O) groups excluding carboxylic acids is 2. The Balaban J connectivity index is 1.06. The molecule has 2 N–H and O–H groups in total. The summed E-state index contributed by atoms with van der Waals surface area (Å²) >= 11 is 0. The summed E-state index contributed by atoms with van der Waals surface area (Å²) in [5, 5.41) is 6.93. The van der Waals surface area contributed by atoms with Gasteiger partial charge in [-0.2, -0.15) is 0 Å². The molecule has 0 saturated carbocycles.